The van der Waals surface area contributed by atoms with Crippen molar-refractivity contribution in [3.63, 3.8) is 0 Å². The molecule has 6 nitrogen and oxygen atoms in total. The molecule has 0 saturated carbocycles. The lowest BCUT2D eigenvalue weighted by Gasteiger charge is -2.27. The molecule has 1 aliphatic heterocycles. The first-order valence-electron chi connectivity index (χ1n) is 4.15. The van der Waals surface area contributed by atoms with Gasteiger partial charge in [0.05, 0.1) is 6.54 Å². The molecule has 0 bridgehead atoms. The van der Waals surface area contributed by atoms with Crippen molar-refractivity contribution in [2.24, 2.45) is 10.7 Å². The number of nitrogens with two attached hydrogens (primary N) is 1. The topological polar surface area (TPSA) is 72.3 Å². The second kappa shape index (κ2) is 3.04. The van der Waals surface area contributed by atoms with E-state index in [0.29, 0.717) is 12.5 Å². The second-order valence-electron chi connectivity index (χ2n) is 2.94. The van der Waals surface area contributed by atoms with E-state index in [1.54, 1.807) is 13.4 Å². The number of fused-ring (bicyclic) bond motifs is 1. The van der Waals surface area contributed by atoms with Gasteiger partial charge in [0, 0.05) is 20.1 Å². The minimum atomic E-state index is 0.564. The van der Waals surface area contributed by atoms with Crippen LogP contribution in [0, 0.1) is 0 Å². The predicted molar refractivity (Wildman–Crippen MR) is 48.0 cm³/mol. The molecule has 0 radical (unpaired) electrons. The molecule has 0 aromatic carbocycles. The normalized spacial score (nSPS) is 17.3. The van der Waals surface area contributed by atoms with Crippen molar-refractivity contribution in [1.29, 1.82) is 0 Å². The Morgan fingerprint density at radius 3 is 3.23 bits per heavy atom. The first kappa shape index (κ1) is 8.03. The van der Waals surface area contributed by atoms with Crippen LogP contribution in [0.4, 0.5) is 0 Å². The summed E-state index contributed by atoms with van der Waals surface area (Å²) in [6, 6.07) is 0. The maximum atomic E-state index is 5.69. The molecule has 2 rings (SSSR count). The molecule has 0 spiro atoms. The van der Waals surface area contributed by atoms with Crippen molar-refractivity contribution in [3.05, 3.63) is 12.2 Å². The molecule has 0 aliphatic carbocycles. The zero-order chi connectivity index (χ0) is 9.26. The lowest BCUT2D eigenvalue weighted by Crippen LogP contribution is -2.42. The average molecular weight is 180 g/mol. The standard InChI is InChI=1S/C7H12N6/c1-9-7(8)12-2-3-13-5-10-11-6(13)4-12/h5H,2-4H2,1H3,(H2,8,9). The number of hydrogen-bond donors (Lipinski definition) is 1. The summed E-state index contributed by atoms with van der Waals surface area (Å²) in [5, 5.41) is 7.81. The van der Waals surface area contributed by atoms with Gasteiger partial charge in [0.2, 0.25) is 0 Å². The number of nitrogens with zero attached hydrogens (tertiary/aromatic N) is 5. The van der Waals surface area contributed by atoms with E-state index in [9.17, 15) is 0 Å². The molecule has 0 saturated heterocycles. The van der Waals surface area contributed by atoms with E-state index < -0.39 is 0 Å². The highest BCUT2D eigenvalue weighted by Crippen LogP contribution is 2.07. The van der Waals surface area contributed by atoms with Crippen molar-refractivity contribution in [2.45, 2.75) is 13.1 Å². The predicted octanol–water partition coefficient (Wildman–Crippen LogP) is -0.962. The Labute approximate surface area is 76.1 Å². The number of aliphatic imine (C=N–C) groups is 1. The Morgan fingerprint density at radius 1 is 1.62 bits per heavy atom. The lowest BCUT2D eigenvalue weighted by atomic mass is 10.4. The van der Waals surface area contributed by atoms with Gasteiger partial charge >= 0.3 is 0 Å². The van der Waals surface area contributed by atoms with Gasteiger partial charge in [0.15, 0.2) is 11.8 Å². The van der Waals surface area contributed by atoms with Crippen LogP contribution in [0.1, 0.15) is 5.82 Å². The SMILES string of the molecule is CN=C(N)N1CCn2cnnc2C1. The first-order valence-corrected chi connectivity index (χ1v) is 4.15. The van der Waals surface area contributed by atoms with Gasteiger partial charge in [-0.2, -0.15) is 0 Å². The molecule has 70 valence electrons. The Kier molecular flexibility index (Phi) is 1.88. The second-order valence-corrected chi connectivity index (χ2v) is 2.94. The molecule has 6 heteroatoms. The van der Waals surface area contributed by atoms with E-state index in [-0.39, 0.29) is 0 Å². The van der Waals surface area contributed by atoms with E-state index in [1.807, 2.05) is 9.47 Å². The van der Waals surface area contributed by atoms with Gasteiger partial charge in [0.25, 0.3) is 0 Å². The molecule has 0 atom stereocenters. The summed E-state index contributed by atoms with van der Waals surface area (Å²) in [6.07, 6.45) is 1.74. The quantitative estimate of drug-likeness (QED) is 0.412. The Morgan fingerprint density at radius 2 is 2.46 bits per heavy atom. The van der Waals surface area contributed by atoms with Crippen LogP contribution in [-0.4, -0.2) is 39.2 Å². The molecule has 0 unspecified atom stereocenters. The fourth-order valence-electron chi connectivity index (χ4n) is 1.40. The van der Waals surface area contributed by atoms with Crippen LogP contribution in [0.2, 0.25) is 0 Å². The summed E-state index contributed by atoms with van der Waals surface area (Å²) in [6.45, 7) is 2.44. The maximum Gasteiger partial charge on any atom is 0.191 e. The molecule has 1 aromatic rings. The van der Waals surface area contributed by atoms with Crippen molar-refractivity contribution in [3.8, 4) is 0 Å². The van der Waals surface area contributed by atoms with Crippen LogP contribution in [0.5, 0.6) is 0 Å². The van der Waals surface area contributed by atoms with Crippen molar-refractivity contribution in [1.82, 2.24) is 19.7 Å². The molecule has 1 aliphatic rings. The molecule has 2 heterocycles. The molecule has 0 fully saturated rings. The van der Waals surface area contributed by atoms with Crippen molar-refractivity contribution < 1.29 is 0 Å². The van der Waals surface area contributed by atoms with Gasteiger partial charge in [-0.05, 0) is 0 Å². The smallest absolute Gasteiger partial charge is 0.191 e. The van der Waals surface area contributed by atoms with Gasteiger partial charge in [-0.3, -0.25) is 4.99 Å². The van der Waals surface area contributed by atoms with Crippen molar-refractivity contribution in [2.75, 3.05) is 13.6 Å². The van der Waals surface area contributed by atoms with E-state index in [0.717, 1.165) is 18.9 Å². The number of aromatic nitrogens is 3. The highest BCUT2D eigenvalue weighted by Gasteiger charge is 2.17. The summed E-state index contributed by atoms with van der Waals surface area (Å²) in [5.74, 6) is 1.51. The number of hydrogen-bond acceptors (Lipinski definition) is 3. The van der Waals surface area contributed by atoms with Gasteiger partial charge < -0.3 is 15.2 Å². The molecular formula is C7H12N6. The third-order valence-corrected chi connectivity index (χ3v) is 2.19. The van der Waals surface area contributed by atoms with E-state index in [1.165, 1.54) is 0 Å². The monoisotopic (exact) mass is 180 g/mol. The third-order valence-electron chi connectivity index (χ3n) is 2.19. The maximum absolute atomic E-state index is 5.69. The number of rotatable bonds is 0. The van der Waals surface area contributed by atoms with Crippen LogP contribution in [0.15, 0.2) is 11.3 Å². The zero-order valence-electron chi connectivity index (χ0n) is 7.51. The van der Waals surface area contributed by atoms with Crippen molar-refractivity contribution >= 4 is 5.96 Å². The Bertz CT molecular complexity index is 327. The molecule has 1 aromatic heterocycles. The van der Waals surface area contributed by atoms with Gasteiger partial charge in [-0.1, -0.05) is 0 Å². The summed E-state index contributed by atoms with van der Waals surface area (Å²) in [4.78, 5) is 5.92. The summed E-state index contributed by atoms with van der Waals surface area (Å²) < 4.78 is 2.03. The van der Waals surface area contributed by atoms with Gasteiger partial charge in [0.1, 0.15) is 6.33 Å². The Hall–Kier alpha value is -1.59. The third kappa shape index (κ3) is 1.34. The molecule has 13 heavy (non-hydrogen) atoms. The fourth-order valence-corrected chi connectivity index (χ4v) is 1.40. The van der Waals surface area contributed by atoms with E-state index in [2.05, 4.69) is 15.2 Å². The van der Waals surface area contributed by atoms with Gasteiger partial charge in [-0.25, -0.2) is 0 Å². The lowest BCUT2D eigenvalue weighted by molar-refractivity contribution is 0.326. The van der Waals surface area contributed by atoms with Gasteiger partial charge in [-0.15, -0.1) is 10.2 Å². The molecule has 0 amide bonds. The minimum Gasteiger partial charge on any atom is -0.370 e. The highest BCUT2D eigenvalue weighted by molar-refractivity contribution is 5.77. The average Bonchev–Trinajstić information content (AvgIpc) is 2.63. The molecule has 2 N–H and O–H groups in total. The summed E-state index contributed by atoms with van der Waals surface area (Å²) >= 11 is 0. The van der Waals surface area contributed by atoms with Crippen LogP contribution in [0.3, 0.4) is 0 Å². The summed E-state index contributed by atoms with van der Waals surface area (Å²) in [7, 11) is 1.69. The minimum absolute atomic E-state index is 0.564. The number of guanidine groups is 1. The summed E-state index contributed by atoms with van der Waals surface area (Å²) in [5.41, 5.74) is 5.69. The van der Waals surface area contributed by atoms with Crippen LogP contribution < -0.4 is 5.73 Å². The highest BCUT2D eigenvalue weighted by atomic mass is 15.3. The Balaban J connectivity index is 2.17. The van der Waals surface area contributed by atoms with Crippen LogP contribution >= 0.6 is 0 Å². The molecular weight excluding hydrogens is 168 g/mol. The van der Waals surface area contributed by atoms with Crippen LogP contribution in [-0.2, 0) is 13.1 Å². The zero-order valence-corrected chi connectivity index (χ0v) is 7.51. The first-order chi connectivity index (χ1) is 6.31. The fraction of sp³-hybridized carbons (Fsp3) is 0.571. The van der Waals surface area contributed by atoms with E-state index >= 15 is 0 Å². The van der Waals surface area contributed by atoms with Crippen LogP contribution in [0.25, 0.3) is 0 Å². The largest absolute Gasteiger partial charge is 0.370 e. The van der Waals surface area contributed by atoms with E-state index in [4.69, 9.17) is 5.73 Å².